The average Bonchev–Trinajstić information content (AvgIpc) is 3.45. The Labute approximate surface area is 185 Å². The molecule has 3 aromatic rings. The van der Waals surface area contributed by atoms with E-state index >= 15 is 0 Å². The molecule has 1 aromatic carbocycles. The van der Waals surface area contributed by atoms with Crippen molar-refractivity contribution in [2.45, 2.75) is 50.9 Å². The Kier molecular flexibility index (Phi) is 5.35. The van der Waals surface area contributed by atoms with Gasteiger partial charge < -0.3 is 15.4 Å². The third-order valence-electron chi connectivity index (χ3n) is 5.92. The molecular weight excluding hydrogens is 408 g/mol. The van der Waals surface area contributed by atoms with E-state index < -0.39 is 5.79 Å². The molecule has 1 fully saturated rings. The van der Waals surface area contributed by atoms with Crippen LogP contribution in [0.25, 0.3) is 11.4 Å². The van der Waals surface area contributed by atoms with Crippen molar-refractivity contribution in [2.24, 2.45) is 10.7 Å². The number of aromatic nitrogens is 6. The quantitative estimate of drug-likeness (QED) is 0.469. The van der Waals surface area contributed by atoms with Crippen molar-refractivity contribution in [2.75, 3.05) is 13.2 Å². The molecule has 4 heterocycles. The first kappa shape index (κ1) is 20.6. The summed E-state index contributed by atoms with van der Waals surface area (Å²) in [6.07, 6.45) is 4.25. The van der Waals surface area contributed by atoms with Crippen LogP contribution in [0.4, 0.5) is 5.82 Å². The van der Waals surface area contributed by atoms with Gasteiger partial charge in [0, 0.05) is 36.8 Å². The number of benzene rings is 1. The van der Waals surface area contributed by atoms with E-state index in [4.69, 9.17) is 15.5 Å². The van der Waals surface area contributed by atoms with E-state index in [0.717, 1.165) is 48.6 Å². The summed E-state index contributed by atoms with van der Waals surface area (Å²) in [7, 11) is 0. The maximum atomic E-state index is 6.95. The highest BCUT2D eigenvalue weighted by Gasteiger charge is 2.37. The molecule has 11 nitrogen and oxygen atoms in total. The summed E-state index contributed by atoms with van der Waals surface area (Å²) in [5.41, 5.74) is 9.95. The molecule has 0 amide bonds. The van der Waals surface area contributed by atoms with Crippen LogP contribution in [0.2, 0.25) is 0 Å². The Morgan fingerprint density at radius 2 is 2.03 bits per heavy atom. The van der Waals surface area contributed by atoms with E-state index in [0.29, 0.717) is 24.2 Å². The van der Waals surface area contributed by atoms with Gasteiger partial charge in [-0.1, -0.05) is 38.1 Å². The first-order chi connectivity index (χ1) is 15.5. The lowest BCUT2D eigenvalue weighted by molar-refractivity contribution is 0.0817. The van der Waals surface area contributed by atoms with Gasteiger partial charge in [-0.2, -0.15) is 15.3 Å². The summed E-state index contributed by atoms with van der Waals surface area (Å²) >= 11 is 0. The van der Waals surface area contributed by atoms with Crippen LogP contribution in [0, 0.1) is 0 Å². The molecule has 11 heteroatoms. The Hall–Kier alpha value is -3.31. The molecule has 2 aliphatic rings. The molecule has 5 rings (SSSR count). The number of guanidine groups is 1. The Balaban J connectivity index is 1.43. The lowest BCUT2D eigenvalue weighted by Gasteiger charge is -2.38. The highest BCUT2D eigenvalue weighted by atomic mass is 16.5. The number of aromatic amines is 1. The van der Waals surface area contributed by atoms with Gasteiger partial charge in [0.25, 0.3) is 0 Å². The predicted molar refractivity (Wildman–Crippen MR) is 119 cm³/mol. The summed E-state index contributed by atoms with van der Waals surface area (Å²) < 4.78 is 7.28. The Bertz CT molecular complexity index is 1080. The fraction of sp³-hybridized carbons (Fsp3) is 0.476. The minimum absolute atomic E-state index is 0.281. The highest BCUT2D eigenvalue weighted by Crippen LogP contribution is 2.33. The van der Waals surface area contributed by atoms with Crippen molar-refractivity contribution in [3.63, 3.8) is 0 Å². The van der Waals surface area contributed by atoms with E-state index in [-0.39, 0.29) is 5.92 Å². The number of fused-ring (bicyclic) bond motifs is 1. The lowest BCUT2D eigenvalue weighted by Crippen LogP contribution is -2.64. The van der Waals surface area contributed by atoms with Crippen molar-refractivity contribution in [1.82, 2.24) is 41.0 Å². The maximum Gasteiger partial charge on any atom is 0.204 e. The zero-order valence-corrected chi connectivity index (χ0v) is 18.2. The number of hydrogen-bond acceptors (Lipinski definition) is 9. The second kappa shape index (κ2) is 8.32. The van der Waals surface area contributed by atoms with Crippen LogP contribution in [-0.2, 0) is 16.9 Å². The SMILES string of the molecule is CC(C)c1cnn2c1N=C(NC1CCOCC1)NC2(N)Cc1ccc(-c2nn[nH]n2)cc1. The van der Waals surface area contributed by atoms with Crippen LogP contribution < -0.4 is 16.4 Å². The topological polar surface area (TPSA) is 144 Å². The van der Waals surface area contributed by atoms with Gasteiger partial charge >= 0.3 is 0 Å². The highest BCUT2D eigenvalue weighted by molar-refractivity contribution is 5.84. The van der Waals surface area contributed by atoms with Gasteiger partial charge in [0.2, 0.25) is 11.8 Å². The lowest BCUT2D eigenvalue weighted by atomic mass is 10.0. The number of rotatable bonds is 5. The third kappa shape index (κ3) is 3.96. The minimum atomic E-state index is -0.967. The van der Waals surface area contributed by atoms with Crippen LogP contribution in [0.3, 0.4) is 0 Å². The molecular formula is C21H28N10O. The van der Waals surface area contributed by atoms with Gasteiger partial charge in [0.1, 0.15) is 0 Å². The number of tetrazole rings is 1. The molecule has 0 aliphatic carbocycles. The number of nitrogens with one attached hydrogen (secondary N) is 3. The Morgan fingerprint density at radius 1 is 1.25 bits per heavy atom. The molecule has 1 saturated heterocycles. The summed E-state index contributed by atoms with van der Waals surface area (Å²) in [5, 5.41) is 25.7. The monoisotopic (exact) mass is 436 g/mol. The van der Waals surface area contributed by atoms with Crippen molar-refractivity contribution in [3.05, 3.63) is 41.6 Å². The van der Waals surface area contributed by atoms with Crippen LogP contribution in [0.1, 0.15) is 43.7 Å². The van der Waals surface area contributed by atoms with E-state index in [1.54, 1.807) is 4.68 Å². The molecule has 0 radical (unpaired) electrons. The number of nitrogens with two attached hydrogens (primary N) is 1. The van der Waals surface area contributed by atoms with Crippen molar-refractivity contribution in [1.29, 1.82) is 0 Å². The van der Waals surface area contributed by atoms with Gasteiger partial charge in [-0.3, -0.25) is 5.73 Å². The third-order valence-corrected chi connectivity index (χ3v) is 5.92. The molecule has 0 saturated carbocycles. The largest absolute Gasteiger partial charge is 0.381 e. The summed E-state index contributed by atoms with van der Waals surface area (Å²) in [5.74, 6) is 1.34. The zero-order chi connectivity index (χ0) is 22.1. The molecule has 1 unspecified atom stereocenters. The maximum absolute atomic E-state index is 6.95. The minimum Gasteiger partial charge on any atom is -0.381 e. The van der Waals surface area contributed by atoms with Gasteiger partial charge in [-0.15, -0.1) is 10.2 Å². The molecule has 32 heavy (non-hydrogen) atoms. The Morgan fingerprint density at radius 3 is 2.72 bits per heavy atom. The molecule has 5 N–H and O–H groups in total. The van der Waals surface area contributed by atoms with Crippen LogP contribution in [0.15, 0.2) is 35.5 Å². The van der Waals surface area contributed by atoms with Crippen molar-refractivity contribution >= 4 is 11.8 Å². The smallest absolute Gasteiger partial charge is 0.204 e. The van der Waals surface area contributed by atoms with Gasteiger partial charge in [-0.25, -0.2) is 4.68 Å². The standard InChI is InChI=1S/C21H28N10O/c1-13(2)17-12-23-31-19(17)25-20(24-16-7-9-32-10-8-16)26-21(31,22)11-14-3-5-15(6-4-14)18-27-29-30-28-18/h3-6,12-13,16H,7-11,22H2,1-2H3,(H2,24,25,26)(H,27,28,29,30). The normalized spacial score (nSPS) is 21.2. The number of nitrogens with zero attached hydrogens (tertiary/aromatic N) is 6. The number of aliphatic imine (C=N–C) groups is 1. The average molecular weight is 437 g/mol. The van der Waals surface area contributed by atoms with Gasteiger partial charge in [0.05, 0.1) is 6.20 Å². The predicted octanol–water partition coefficient (Wildman–Crippen LogP) is 1.36. The van der Waals surface area contributed by atoms with Gasteiger partial charge in [-0.05, 0) is 29.5 Å². The first-order valence-electron chi connectivity index (χ1n) is 10.9. The van der Waals surface area contributed by atoms with Crippen LogP contribution in [0.5, 0.6) is 0 Å². The number of ether oxygens (including phenoxy) is 1. The number of H-pyrrole nitrogens is 1. The second-order valence-electron chi connectivity index (χ2n) is 8.64. The summed E-state index contributed by atoms with van der Waals surface area (Å²) in [4.78, 5) is 4.85. The molecule has 0 bridgehead atoms. The van der Waals surface area contributed by atoms with Crippen molar-refractivity contribution in [3.8, 4) is 11.4 Å². The molecule has 168 valence electrons. The molecule has 1 atom stereocenters. The van der Waals surface area contributed by atoms with Crippen molar-refractivity contribution < 1.29 is 4.74 Å². The summed E-state index contributed by atoms with van der Waals surface area (Å²) in [6, 6.07) is 8.26. The van der Waals surface area contributed by atoms with Gasteiger partial charge in [0.15, 0.2) is 11.6 Å². The zero-order valence-electron chi connectivity index (χ0n) is 18.2. The molecule has 2 aromatic heterocycles. The first-order valence-corrected chi connectivity index (χ1v) is 10.9. The fourth-order valence-electron chi connectivity index (χ4n) is 4.15. The number of hydrogen-bond donors (Lipinski definition) is 4. The van der Waals surface area contributed by atoms with E-state index in [1.165, 1.54) is 0 Å². The van der Waals surface area contributed by atoms with Crippen LogP contribution >= 0.6 is 0 Å². The second-order valence-corrected chi connectivity index (χ2v) is 8.64. The van der Waals surface area contributed by atoms with Crippen LogP contribution in [-0.4, -0.2) is 55.6 Å². The molecule has 2 aliphatic heterocycles. The summed E-state index contributed by atoms with van der Waals surface area (Å²) in [6.45, 7) is 5.77. The van der Waals surface area contributed by atoms with E-state index in [2.05, 4.69) is 50.2 Å². The van der Waals surface area contributed by atoms with E-state index in [9.17, 15) is 0 Å². The fourth-order valence-corrected chi connectivity index (χ4v) is 4.15. The molecule has 0 spiro atoms. The van der Waals surface area contributed by atoms with E-state index in [1.807, 2.05) is 30.5 Å².